The Bertz CT molecular complexity index is 1430. The van der Waals surface area contributed by atoms with Gasteiger partial charge in [0.25, 0.3) is 0 Å². The van der Waals surface area contributed by atoms with Crippen LogP contribution in [0.5, 0.6) is 5.75 Å². The molecule has 3 atom stereocenters. The summed E-state index contributed by atoms with van der Waals surface area (Å²) in [5, 5.41) is 22.7. The zero-order valence-electron chi connectivity index (χ0n) is 21.0. The van der Waals surface area contributed by atoms with Gasteiger partial charge in [0.15, 0.2) is 17.5 Å². The lowest BCUT2D eigenvalue weighted by Gasteiger charge is -2.37. The molecular formula is C23H27F3N6O5S. The molecule has 4 rings (SSSR count). The first-order chi connectivity index (χ1) is 17.7. The van der Waals surface area contributed by atoms with Gasteiger partial charge in [-0.3, -0.25) is 4.57 Å². The van der Waals surface area contributed by atoms with Crippen molar-refractivity contribution in [3.05, 3.63) is 53.4 Å². The number of primary sulfonamides is 1. The van der Waals surface area contributed by atoms with Crippen LogP contribution in [0, 0.1) is 6.92 Å². The van der Waals surface area contributed by atoms with Crippen molar-refractivity contribution < 1.29 is 36.2 Å². The number of sulfonamides is 1. The van der Waals surface area contributed by atoms with Gasteiger partial charge in [-0.15, -0.1) is 10.2 Å². The number of aryl methyl sites for hydroxylation is 1. The molecular weight excluding hydrogens is 529 g/mol. The number of aliphatic hydroxyl groups excluding tert-OH is 1. The third-order valence-corrected chi connectivity index (χ3v) is 7.50. The lowest BCUT2D eigenvalue weighted by Crippen LogP contribution is -2.52. The minimum Gasteiger partial charge on any atom is -0.491 e. The van der Waals surface area contributed by atoms with Crippen LogP contribution >= 0.6 is 0 Å². The molecule has 3 heterocycles. The van der Waals surface area contributed by atoms with Gasteiger partial charge in [-0.25, -0.2) is 23.5 Å². The molecule has 1 aliphatic heterocycles. The van der Waals surface area contributed by atoms with Crippen molar-refractivity contribution in [2.75, 3.05) is 13.2 Å². The summed E-state index contributed by atoms with van der Waals surface area (Å²) in [6.07, 6.45) is -2.38. The zero-order chi connectivity index (χ0) is 28.0. The van der Waals surface area contributed by atoms with Crippen molar-refractivity contribution in [3.63, 3.8) is 0 Å². The van der Waals surface area contributed by atoms with E-state index in [1.54, 1.807) is 20.8 Å². The average Bonchev–Trinajstić information content (AvgIpc) is 3.20. The maximum atomic E-state index is 13.6. The van der Waals surface area contributed by atoms with Crippen molar-refractivity contribution in [2.24, 2.45) is 5.14 Å². The Labute approximate surface area is 216 Å². The molecule has 3 aromatic rings. The standard InChI is InChI=1S/C23H27F3N6O5S/c1-12(2)37-22(14(4)38(27,34)35,20-28-8-13(3)9-29-20)21-31-30-19-17-7-15(23(24,25)26)5-6-18(17)36-11-16(10-33)32(19)21/h5-9,12,14,16,33H,10-11H2,1-4H3,(H2,27,34,35)/t14?,16-,22?/m1/s1. The van der Waals surface area contributed by atoms with Crippen LogP contribution in [0.1, 0.15) is 49.6 Å². The quantitative estimate of drug-likeness (QED) is 0.446. The van der Waals surface area contributed by atoms with E-state index in [9.17, 15) is 26.7 Å². The van der Waals surface area contributed by atoms with Gasteiger partial charge >= 0.3 is 6.18 Å². The second-order valence-electron chi connectivity index (χ2n) is 9.29. The molecule has 15 heteroatoms. The van der Waals surface area contributed by atoms with Gasteiger partial charge in [0.2, 0.25) is 15.6 Å². The van der Waals surface area contributed by atoms with Gasteiger partial charge in [0.1, 0.15) is 17.6 Å². The molecule has 2 aromatic heterocycles. The Kier molecular flexibility index (Phi) is 7.24. The number of rotatable bonds is 7. The van der Waals surface area contributed by atoms with Crippen LogP contribution in [0.2, 0.25) is 0 Å². The van der Waals surface area contributed by atoms with Crippen LogP contribution in [0.3, 0.4) is 0 Å². The lowest BCUT2D eigenvalue weighted by molar-refractivity contribution is -0.137. The van der Waals surface area contributed by atoms with Crippen molar-refractivity contribution in [3.8, 4) is 17.1 Å². The third-order valence-electron chi connectivity index (χ3n) is 6.18. The Morgan fingerprint density at radius 1 is 1.21 bits per heavy atom. The molecule has 206 valence electrons. The number of alkyl halides is 3. The van der Waals surface area contributed by atoms with Gasteiger partial charge in [0, 0.05) is 12.4 Å². The van der Waals surface area contributed by atoms with E-state index < -0.39 is 51.4 Å². The summed E-state index contributed by atoms with van der Waals surface area (Å²) in [6, 6.07) is 1.94. The molecule has 0 bridgehead atoms. The monoisotopic (exact) mass is 556 g/mol. The fourth-order valence-electron chi connectivity index (χ4n) is 4.33. The molecule has 0 amide bonds. The van der Waals surface area contributed by atoms with Crippen molar-refractivity contribution in [1.29, 1.82) is 0 Å². The largest absolute Gasteiger partial charge is 0.491 e. The predicted octanol–water partition coefficient (Wildman–Crippen LogP) is 2.33. The van der Waals surface area contributed by atoms with Gasteiger partial charge in [0.05, 0.1) is 29.9 Å². The van der Waals surface area contributed by atoms with Crippen LogP contribution < -0.4 is 9.88 Å². The fourth-order valence-corrected chi connectivity index (χ4v) is 5.06. The Hall–Kier alpha value is -3.14. The molecule has 0 fully saturated rings. The second-order valence-corrected chi connectivity index (χ2v) is 11.2. The van der Waals surface area contributed by atoms with Crippen molar-refractivity contribution in [2.45, 2.75) is 56.9 Å². The van der Waals surface area contributed by atoms with E-state index >= 15 is 0 Å². The summed E-state index contributed by atoms with van der Waals surface area (Å²) in [5.74, 6) is -0.294. The summed E-state index contributed by atoms with van der Waals surface area (Å²) in [6.45, 7) is 5.58. The minimum absolute atomic E-state index is 0.0546. The molecule has 0 saturated heterocycles. The number of aliphatic hydroxyl groups is 1. The minimum atomic E-state index is -4.66. The fraction of sp³-hybridized carbons (Fsp3) is 0.478. The predicted molar refractivity (Wildman–Crippen MR) is 128 cm³/mol. The Balaban J connectivity index is 2.10. The number of fused-ring (bicyclic) bond motifs is 3. The normalized spacial score (nSPS) is 18.2. The number of hydrogen-bond acceptors (Lipinski definition) is 9. The molecule has 2 unspecified atom stereocenters. The average molecular weight is 557 g/mol. The highest BCUT2D eigenvalue weighted by molar-refractivity contribution is 7.89. The van der Waals surface area contributed by atoms with Gasteiger partial charge in [-0.1, -0.05) is 0 Å². The second kappa shape index (κ2) is 9.87. The van der Waals surface area contributed by atoms with Crippen molar-refractivity contribution in [1.82, 2.24) is 24.7 Å². The summed E-state index contributed by atoms with van der Waals surface area (Å²) in [5.41, 5.74) is -2.41. The molecule has 0 saturated carbocycles. The third kappa shape index (κ3) is 4.86. The smallest absolute Gasteiger partial charge is 0.416 e. The van der Waals surface area contributed by atoms with Crippen LogP contribution in [0.15, 0.2) is 30.6 Å². The van der Waals surface area contributed by atoms with Gasteiger partial charge in [-0.2, -0.15) is 13.2 Å². The summed E-state index contributed by atoms with van der Waals surface area (Å²) >= 11 is 0. The molecule has 11 nitrogen and oxygen atoms in total. The first-order valence-corrected chi connectivity index (χ1v) is 13.2. The molecule has 0 aliphatic carbocycles. The Morgan fingerprint density at radius 3 is 2.42 bits per heavy atom. The van der Waals surface area contributed by atoms with E-state index in [2.05, 4.69) is 20.2 Å². The van der Waals surface area contributed by atoms with Gasteiger partial charge in [-0.05, 0) is 51.5 Å². The van der Waals surface area contributed by atoms with Crippen LogP contribution in [-0.2, 0) is 26.5 Å². The number of halogens is 3. The molecule has 1 aliphatic rings. The highest BCUT2D eigenvalue weighted by Crippen LogP contribution is 2.44. The van der Waals surface area contributed by atoms with E-state index in [-0.39, 0.29) is 35.4 Å². The van der Waals surface area contributed by atoms with Crippen LogP contribution in [0.4, 0.5) is 13.2 Å². The highest BCUT2D eigenvalue weighted by Gasteiger charge is 2.54. The molecule has 38 heavy (non-hydrogen) atoms. The van der Waals surface area contributed by atoms with Crippen LogP contribution in [0.25, 0.3) is 11.4 Å². The van der Waals surface area contributed by atoms with Crippen molar-refractivity contribution >= 4 is 10.0 Å². The Morgan fingerprint density at radius 2 is 1.87 bits per heavy atom. The summed E-state index contributed by atoms with van der Waals surface area (Å²) in [7, 11) is -4.37. The van der Waals surface area contributed by atoms with E-state index in [1.165, 1.54) is 23.9 Å². The number of nitrogens with two attached hydrogens (primary N) is 1. The highest BCUT2D eigenvalue weighted by atomic mass is 32.2. The van der Waals surface area contributed by atoms with Crippen LogP contribution in [-0.4, -0.2) is 62.8 Å². The maximum Gasteiger partial charge on any atom is 0.416 e. The molecule has 1 aromatic carbocycles. The molecule has 0 radical (unpaired) electrons. The van der Waals surface area contributed by atoms with E-state index in [1.807, 2.05) is 0 Å². The lowest BCUT2D eigenvalue weighted by atomic mass is 9.95. The number of aromatic nitrogens is 5. The van der Waals surface area contributed by atoms with E-state index in [0.717, 1.165) is 18.2 Å². The van der Waals surface area contributed by atoms with E-state index in [0.29, 0.717) is 5.56 Å². The number of hydrogen-bond donors (Lipinski definition) is 2. The van der Waals surface area contributed by atoms with E-state index in [4.69, 9.17) is 14.6 Å². The summed E-state index contributed by atoms with van der Waals surface area (Å²) < 4.78 is 79.6. The first-order valence-electron chi connectivity index (χ1n) is 11.6. The summed E-state index contributed by atoms with van der Waals surface area (Å²) in [4.78, 5) is 8.66. The number of nitrogens with zero attached hydrogens (tertiary/aromatic N) is 5. The topological polar surface area (TPSA) is 155 Å². The molecule has 0 spiro atoms. The van der Waals surface area contributed by atoms with Gasteiger partial charge < -0.3 is 14.6 Å². The maximum absolute atomic E-state index is 13.6. The number of ether oxygens (including phenoxy) is 2. The number of benzene rings is 1. The zero-order valence-corrected chi connectivity index (χ0v) is 21.8. The first kappa shape index (κ1) is 27.9. The SMILES string of the molecule is Cc1cnc(C(OC(C)C)(c2nnc3n2[C@H](CO)COc2ccc(C(F)(F)F)cc2-3)C(C)S(N)(=O)=O)nc1. The molecule has 3 N–H and O–H groups in total.